The van der Waals surface area contributed by atoms with Gasteiger partial charge in [-0.2, -0.15) is 13.2 Å². The molecular formula is C17H23F3N2O4. The molecule has 2 rings (SSSR count). The van der Waals surface area contributed by atoms with Crippen LogP contribution in [0, 0.1) is 0 Å². The second-order valence-corrected chi connectivity index (χ2v) is 6.10. The quantitative estimate of drug-likeness (QED) is 0.737. The van der Waals surface area contributed by atoms with E-state index in [-0.39, 0.29) is 5.88 Å². The second-order valence-electron chi connectivity index (χ2n) is 6.10. The molecule has 1 N–H and O–H groups in total. The van der Waals surface area contributed by atoms with E-state index in [4.69, 9.17) is 14.2 Å². The highest BCUT2D eigenvalue weighted by atomic mass is 19.4. The number of halogens is 3. The highest BCUT2D eigenvalue weighted by Crippen LogP contribution is 2.33. The van der Waals surface area contributed by atoms with E-state index < -0.39 is 24.4 Å². The van der Waals surface area contributed by atoms with Gasteiger partial charge in [0.2, 0.25) is 5.88 Å². The number of nitrogens with zero attached hydrogens (tertiary/aromatic N) is 1. The van der Waals surface area contributed by atoms with Crippen LogP contribution in [0.2, 0.25) is 0 Å². The lowest BCUT2D eigenvalue weighted by Gasteiger charge is -2.38. The molecule has 1 aliphatic rings. The fourth-order valence-electron chi connectivity index (χ4n) is 2.69. The van der Waals surface area contributed by atoms with Gasteiger partial charge in [-0.3, -0.25) is 0 Å². The smallest absolute Gasteiger partial charge is 0.422 e. The molecule has 0 unspecified atom stereocenters. The number of amides is 1. The van der Waals surface area contributed by atoms with E-state index in [9.17, 15) is 18.0 Å². The average molecular weight is 376 g/mol. The predicted molar refractivity (Wildman–Crippen MR) is 86.9 cm³/mol. The molecule has 6 nitrogen and oxygen atoms in total. The number of ether oxygens (including phenoxy) is 3. The number of aromatic nitrogens is 1. The van der Waals surface area contributed by atoms with E-state index in [1.807, 2.05) is 6.92 Å². The maximum atomic E-state index is 12.3. The summed E-state index contributed by atoms with van der Waals surface area (Å²) in [7, 11) is 0. The number of rotatable bonds is 7. The van der Waals surface area contributed by atoms with E-state index in [2.05, 4.69) is 10.3 Å². The van der Waals surface area contributed by atoms with Crippen molar-refractivity contribution in [2.75, 3.05) is 26.4 Å². The number of carbonyl (C=O) groups is 1. The predicted octanol–water partition coefficient (Wildman–Crippen LogP) is 3.55. The van der Waals surface area contributed by atoms with Crippen LogP contribution in [-0.2, 0) is 15.0 Å². The van der Waals surface area contributed by atoms with Crippen LogP contribution in [0.3, 0.4) is 0 Å². The molecule has 1 aromatic rings. The van der Waals surface area contributed by atoms with Gasteiger partial charge in [-0.25, -0.2) is 9.78 Å². The van der Waals surface area contributed by atoms with Crippen molar-refractivity contribution in [1.29, 1.82) is 0 Å². The highest BCUT2D eigenvalue weighted by Gasteiger charge is 2.37. The third-order valence-electron chi connectivity index (χ3n) is 4.09. The largest absolute Gasteiger partial charge is 0.468 e. The zero-order chi connectivity index (χ0) is 19.0. The van der Waals surface area contributed by atoms with Crippen molar-refractivity contribution < 1.29 is 32.2 Å². The lowest BCUT2D eigenvalue weighted by molar-refractivity contribution is -0.154. The number of hydrogen-bond acceptors (Lipinski definition) is 5. The molecule has 0 spiro atoms. The Balaban J connectivity index is 2.14. The fourth-order valence-corrected chi connectivity index (χ4v) is 2.69. The first-order valence-electron chi connectivity index (χ1n) is 8.53. The number of nitrogens with one attached hydrogen (secondary N) is 1. The second kappa shape index (κ2) is 9.07. The number of pyridine rings is 1. The van der Waals surface area contributed by atoms with Crippen LogP contribution >= 0.6 is 0 Å². The van der Waals surface area contributed by atoms with Crippen LogP contribution in [0.5, 0.6) is 5.88 Å². The molecule has 146 valence electrons. The van der Waals surface area contributed by atoms with Gasteiger partial charge in [0, 0.05) is 25.5 Å². The van der Waals surface area contributed by atoms with E-state index in [1.165, 1.54) is 12.3 Å². The molecule has 1 amide bonds. The Kier molecular flexibility index (Phi) is 7.07. The van der Waals surface area contributed by atoms with Gasteiger partial charge in [0.15, 0.2) is 6.61 Å². The van der Waals surface area contributed by atoms with Gasteiger partial charge < -0.3 is 19.5 Å². The Morgan fingerprint density at radius 1 is 1.38 bits per heavy atom. The molecule has 1 fully saturated rings. The number of hydrogen-bond donors (Lipinski definition) is 1. The third-order valence-corrected chi connectivity index (χ3v) is 4.09. The van der Waals surface area contributed by atoms with Gasteiger partial charge in [0.1, 0.15) is 0 Å². The van der Waals surface area contributed by atoms with Crippen molar-refractivity contribution in [3.8, 4) is 5.88 Å². The van der Waals surface area contributed by atoms with Crippen molar-refractivity contribution in [2.45, 2.75) is 44.3 Å². The summed E-state index contributed by atoms with van der Waals surface area (Å²) in [5.41, 5.74) is -0.179. The summed E-state index contributed by atoms with van der Waals surface area (Å²) in [5.74, 6) is -0.146. The van der Waals surface area contributed by atoms with Gasteiger partial charge in [-0.15, -0.1) is 0 Å². The van der Waals surface area contributed by atoms with Gasteiger partial charge in [-0.05, 0) is 30.9 Å². The van der Waals surface area contributed by atoms with Crippen molar-refractivity contribution in [2.24, 2.45) is 0 Å². The number of carbonyl (C=O) groups excluding carboxylic acids is 1. The van der Waals surface area contributed by atoms with Crippen molar-refractivity contribution in [1.82, 2.24) is 10.3 Å². The van der Waals surface area contributed by atoms with Crippen LogP contribution in [0.15, 0.2) is 18.3 Å². The minimum Gasteiger partial charge on any atom is -0.468 e. The van der Waals surface area contributed by atoms with Gasteiger partial charge >= 0.3 is 12.3 Å². The van der Waals surface area contributed by atoms with Crippen LogP contribution < -0.4 is 10.1 Å². The molecular weight excluding hydrogens is 353 g/mol. The van der Waals surface area contributed by atoms with E-state index >= 15 is 0 Å². The zero-order valence-corrected chi connectivity index (χ0v) is 14.6. The number of alkyl carbamates (subject to hydrolysis) is 1. The molecule has 2 heterocycles. The van der Waals surface area contributed by atoms with Crippen LogP contribution in [0.1, 0.15) is 38.2 Å². The Hall–Kier alpha value is -2.03. The van der Waals surface area contributed by atoms with Crippen LogP contribution in [0.4, 0.5) is 18.0 Å². The summed E-state index contributed by atoms with van der Waals surface area (Å²) >= 11 is 0. The van der Waals surface area contributed by atoms with Crippen LogP contribution in [-0.4, -0.2) is 43.7 Å². The summed E-state index contributed by atoms with van der Waals surface area (Å²) in [4.78, 5) is 15.9. The van der Waals surface area contributed by atoms with Gasteiger partial charge in [0.05, 0.1) is 12.1 Å². The monoisotopic (exact) mass is 376 g/mol. The fraction of sp³-hybridized carbons (Fsp3) is 0.647. The SMILES string of the molecule is CCCCOC(=O)NC1(c2ccnc(OCC(F)(F)F)c2)CCOCC1. The summed E-state index contributed by atoms with van der Waals surface area (Å²) in [6, 6.07) is 3.07. The standard InChI is InChI=1S/C17H23F3N2O4/c1-2-3-8-25-15(23)22-16(5-9-24-10-6-16)13-4-7-21-14(11-13)26-12-17(18,19)20/h4,7,11H,2-3,5-6,8-10,12H2,1H3,(H,22,23). The van der Waals surface area contributed by atoms with E-state index in [0.29, 0.717) is 38.2 Å². The first-order valence-corrected chi connectivity index (χ1v) is 8.53. The van der Waals surface area contributed by atoms with Gasteiger partial charge in [0.25, 0.3) is 0 Å². The molecule has 0 aliphatic carbocycles. The molecule has 0 bridgehead atoms. The topological polar surface area (TPSA) is 69.7 Å². The third kappa shape index (κ3) is 6.05. The molecule has 9 heteroatoms. The first kappa shape index (κ1) is 20.3. The average Bonchev–Trinajstić information content (AvgIpc) is 2.61. The number of unbranched alkanes of at least 4 members (excludes halogenated alkanes) is 1. The molecule has 0 saturated carbocycles. The zero-order valence-electron chi connectivity index (χ0n) is 14.6. The maximum Gasteiger partial charge on any atom is 0.422 e. The number of alkyl halides is 3. The Morgan fingerprint density at radius 3 is 2.77 bits per heavy atom. The van der Waals surface area contributed by atoms with Crippen molar-refractivity contribution in [3.63, 3.8) is 0 Å². The highest BCUT2D eigenvalue weighted by molar-refractivity contribution is 5.68. The minimum absolute atomic E-state index is 0.146. The Labute approximate surface area is 150 Å². The summed E-state index contributed by atoms with van der Waals surface area (Å²) in [6.45, 7) is 1.70. The van der Waals surface area contributed by atoms with Gasteiger partial charge in [-0.1, -0.05) is 13.3 Å². The van der Waals surface area contributed by atoms with E-state index in [1.54, 1.807) is 6.07 Å². The minimum atomic E-state index is -4.45. The van der Waals surface area contributed by atoms with Crippen molar-refractivity contribution in [3.05, 3.63) is 23.9 Å². The molecule has 0 atom stereocenters. The summed E-state index contributed by atoms with van der Waals surface area (Å²) < 4.78 is 52.3. The normalized spacial score (nSPS) is 16.8. The summed E-state index contributed by atoms with van der Waals surface area (Å²) in [5, 5.41) is 2.86. The maximum absolute atomic E-state index is 12.3. The molecule has 1 saturated heterocycles. The molecule has 26 heavy (non-hydrogen) atoms. The Bertz CT molecular complexity index is 590. The molecule has 1 aromatic heterocycles. The lowest BCUT2D eigenvalue weighted by Crippen LogP contribution is -2.49. The van der Waals surface area contributed by atoms with Crippen LogP contribution in [0.25, 0.3) is 0 Å². The van der Waals surface area contributed by atoms with E-state index in [0.717, 1.165) is 12.8 Å². The summed E-state index contributed by atoms with van der Waals surface area (Å²) in [6.07, 6.45) is -1.05. The molecule has 1 aliphatic heterocycles. The lowest BCUT2D eigenvalue weighted by atomic mass is 9.83. The molecule has 0 radical (unpaired) electrons. The molecule has 0 aromatic carbocycles. The first-order chi connectivity index (χ1) is 12.3. The Morgan fingerprint density at radius 2 is 2.12 bits per heavy atom. The van der Waals surface area contributed by atoms with Crippen molar-refractivity contribution >= 4 is 6.09 Å².